The lowest BCUT2D eigenvalue weighted by Crippen LogP contribution is -2.51. The van der Waals surface area contributed by atoms with Crippen molar-refractivity contribution in [3.63, 3.8) is 0 Å². The maximum Gasteiger partial charge on any atom is 0.264 e. The molecule has 2 aliphatic rings. The minimum absolute atomic E-state index is 0.112. The number of hydrogen-bond donors (Lipinski definition) is 1. The van der Waals surface area contributed by atoms with Crippen LogP contribution in [0.1, 0.15) is 36.1 Å². The normalized spacial score (nSPS) is 17.7. The number of nitrogens with zero attached hydrogens (tertiary/aromatic N) is 1. The Morgan fingerprint density at radius 2 is 1.80 bits per heavy atom. The van der Waals surface area contributed by atoms with Crippen LogP contribution in [0, 0.1) is 0 Å². The van der Waals surface area contributed by atoms with Crippen LogP contribution >= 0.6 is 0 Å². The molecule has 1 heterocycles. The molecular formula is C27H28N2O5S. The van der Waals surface area contributed by atoms with Crippen LogP contribution in [-0.4, -0.2) is 34.1 Å². The summed E-state index contributed by atoms with van der Waals surface area (Å²) < 4.78 is 39.5. The first-order valence-electron chi connectivity index (χ1n) is 11.7. The van der Waals surface area contributed by atoms with Gasteiger partial charge in [0.05, 0.1) is 30.3 Å². The van der Waals surface area contributed by atoms with E-state index in [4.69, 9.17) is 9.47 Å². The molecule has 0 unspecified atom stereocenters. The number of amides is 1. The Hall–Kier alpha value is -3.52. The van der Waals surface area contributed by atoms with E-state index in [0.717, 1.165) is 24.8 Å². The molecule has 1 amide bonds. The fourth-order valence-corrected chi connectivity index (χ4v) is 6.17. The third-order valence-electron chi connectivity index (χ3n) is 6.66. The van der Waals surface area contributed by atoms with Crippen molar-refractivity contribution in [1.82, 2.24) is 5.32 Å². The number of fused-ring (bicyclic) bond motifs is 2. The largest absolute Gasteiger partial charge is 0.497 e. The highest BCUT2D eigenvalue weighted by Gasteiger charge is 2.37. The number of para-hydroxylation sites is 2. The van der Waals surface area contributed by atoms with Crippen LogP contribution in [0.25, 0.3) is 0 Å². The predicted molar refractivity (Wildman–Crippen MR) is 133 cm³/mol. The van der Waals surface area contributed by atoms with Crippen molar-refractivity contribution in [2.45, 2.75) is 43.2 Å². The first-order valence-corrected chi connectivity index (χ1v) is 13.2. The van der Waals surface area contributed by atoms with Crippen LogP contribution in [0.15, 0.2) is 71.6 Å². The minimum atomic E-state index is -3.94. The summed E-state index contributed by atoms with van der Waals surface area (Å²) in [7, 11) is -2.41. The van der Waals surface area contributed by atoms with Crippen molar-refractivity contribution in [1.29, 1.82) is 0 Å². The molecule has 0 radical (unpaired) electrons. The summed E-state index contributed by atoms with van der Waals surface area (Å²) in [5.41, 5.74) is 4.14. The SMILES string of the molecule is COc1ccc(S(=O)(=O)N2C[C@H](C(=O)N[C@H](C)c3ccc4c(c3)CCC4)Oc3ccccc32)cc1. The molecule has 0 bridgehead atoms. The summed E-state index contributed by atoms with van der Waals surface area (Å²) in [4.78, 5) is 13.4. The van der Waals surface area contributed by atoms with Gasteiger partial charge in [0, 0.05) is 0 Å². The minimum Gasteiger partial charge on any atom is -0.497 e. The summed E-state index contributed by atoms with van der Waals surface area (Å²) in [6, 6.07) is 19.2. The zero-order chi connectivity index (χ0) is 24.6. The molecular weight excluding hydrogens is 464 g/mol. The second-order valence-corrected chi connectivity index (χ2v) is 10.8. The van der Waals surface area contributed by atoms with Gasteiger partial charge in [-0.1, -0.05) is 30.3 Å². The van der Waals surface area contributed by atoms with Gasteiger partial charge in [-0.05, 0) is 79.3 Å². The molecule has 2 atom stereocenters. The second kappa shape index (κ2) is 9.26. The van der Waals surface area contributed by atoms with Gasteiger partial charge in [0.25, 0.3) is 15.9 Å². The molecule has 1 aliphatic heterocycles. The number of carbonyl (C=O) groups is 1. The Morgan fingerprint density at radius 1 is 1.06 bits per heavy atom. The lowest BCUT2D eigenvalue weighted by molar-refractivity contribution is -0.128. The number of carbonyl (C=O) groups excluding carboxylic acids is 1. The van der Waals surface area contributed by atoms with Crippen molar-refractivity contribution in [2.75, 3.05) is 18.0 Å². The molecule has 0 spiro atoms. The number of anilines is 1. The van der Waals surface area contributed by atoms with E-state index in [9.17, 15) is 13.2 Å². The van der Waals surface area contributed by atoms with E-state index in [1.807, 2.05) is 13.0 Å². The number of benzene rings is 3. The zero-order valence-corrected chi connectivity index (χ0v) is 20.5. The fraction of sp³-hybridized carbons (Fsp3) is 0.296. The molecule has 35 heavy (non-hydrogen) atoms. The van der Waals surface area contributed by atoms with E-state index in [1.54, 1.807) is 36.4 Å². The monoisotopic (exact) mass is 492 g/mol. The standard InChI is InChI=1S/C27H28N2O5S/c1-18(20-11-10-19-6-5-7-21(19)16-20)28-27(30)26-17-29(24-8-3-4-9-25(24)34-26)35(31,32)23-14-12-22(33-2)13-15-23/h3-4,8-16,18,26H,5-7,17H2,1-2H3,(H,28,30)/t18-,26-/m1/s1. The molecule has 182 valence electrons. The lowest BCUT2D eigenvalue weighted by Gasteiger charge is -2.35. The van der Waals surface area contributed by atoms with Crippen molar-refractivity contribution >= 4 is 21.6 Å². The van der Waals surface area contributed by atoms with E-state index in [-0.39, 0.29) is 23.4 Å². The van der Waals surface area contributed by atoms with Crippen LogP contribution in [-0.2, 0) is 27.7 Å². The maximum atomic E-state index is 13.6. The summed E-state index contributed by atoms with van der Waals surface area (Å²) in [6.07, 6.45) is 2.33. The van der Waals surface area contributed by atoms with Crippen LogP contribution in [0.3, 0.4) is 0 Å². The molecule has 0 saturated carbocycles. The third-order valence-corrected chi connectivity index (χ3v) is 8.45. The first-order chi connectivity index (χ1) is 16.9. The summed E-state index contributed by atoms with van der Waals surface area (Å²) >= 11 is 0. The van der Waals surface area contributed by atoms with Crippen molar-refractivity contribution in [3.8, 4) is 11.5 Å². The molecule has 1 aliphatic carbocycles. The average molecular weight is 493 g/mol. The number of hydrogen-bond acceptors (Lipinski definition) is 5. The molecule has 5 rings (SSSR count). The smallest absolute Gasteiger partial charge is 0.264 e. The van der Waals surface area contributed by atoms with Crippen molar-refractivity contribution < 1.29 is 22.7 Å². The summed E-state index contributed by atoms with van der Waals surface area (Å²) in [6.45, 7) is 1.80. The lowest BCUT2D eigenvalue weighted by atomic mass is 10.0. The van der Waals surface area contributed by atoms with Crippen molar-refractivity contribution in [2.24, 2.45) is 0 Å². The molecule has 7 nitrogen and oxygen atoms in total. The molecule has 3 aromatic rings. The number of sulfonamides is 1. The fourth-order valence-electron chi connectivity index (χ4n) is 4.69. The van der Waals surface area contributed by atoms with Gasteiger partial charge in [-0.15, -0.1) is 0 Å². The topological polar surface area (TPSA) is 84.9 Å². The quantitative estimate of drug-likeness (QED) is 0.562. The Balaban J connectivity index is 1.39. The molecule has 3 aromatic carbocycles. The predicted octanol–water partition coefficient (Wildman–Crippen LogP) is 4.02. The Morgan fingerprint density at radius 3 is 2.57 bits per heavy atom. The van der Waals surface area contributed by atoms with Crippen molar-refractivity contribution in [3.05, 3.63) is 83.4 Å². The van der Waals surface area contributed by atoms with E-state index in [0.29, 0.717) is 17.2 Å². The van der Waals surface area contributed by atoms with E-state index in [1.165, 1.54) is 34.7 Å². The van der Waals surface area contributed by atoms with Gasteiger partial charge in [0.2, 0.25) is 0 Å². The van der Waals surface area contributed by atoms with E-state index in [2.05, 4.69) is 17.4 Å². The highest BCUT2D eigenvalue weighted by Crippen LogP contribution is 2.37. The second-order valence-electron chi connectivity index (χ2n) is 8.90. The van der Waals surface area contributed by atoms with Gasteiger partial charge in [0.1, 0.15) is 11.5 Å². The maximum absolute atomic E-state index is 13.6. The number of methoxy groups -OCH3 is 1. The van der Waals surface area contributed by atoms with Gasteiger partial charge in [-0.25, -0.2) is 8.42 Å². The number of aryl methyl sites for hydroxylation is 2. The van der Waals surface area contributed by atoms with Gasteiger partial charge < -0.3 is 14.8 Å². The Bertz CT molecular complexity index is 1350. The first kappa shape index (κ1) is 23.2. The number of ether oxygens (including phenoxy) is 2. The average Bonchev–Trinajstić information content (AvgIpc) is 3.36. The zero-order valence-electron chi connectivity index (χ0n) is 19.7. The van der Waals surface area contributed by atoms with Crippen LogP contribution in [0.5, 0.6) is 11.5 Å². The third kappa shape index (κ3) is 4.46. The van der Waals surface area contributed by atoms with E-state index < -0.39 is 16.1 Å². The molecule has 8 heteroatoms. The Kier molecular flexibility index (Phi) is 6.15. The molecule has 0 fully saturated rings. The molecule has 1 N–H and O–H groups in total. The van der Waals surface area contributed by atoms with Gasteiger partial charge in [0.15, 0.2) is 6.10 Å². The number of nitrogens with one attached hydrogen (secondary N) is 1. The highest BCUT2D eigenvalue weighted by molar-refractivity contribution is 7.92. The summed E-state index contributed by atoms with van der Waals surface area (Å²) in [5, 5.41) is 3.01. The van der Waals surface area contributed by atoms with Crippen LogP contribution in [0.4, 0.5) is 5.69 Å². The highest BCUT2D eigenvalue weighted by atomic mass is 32.2. The van der Waals surface area contributed by atoms with Gasteiger partial charge in [-0.2, -0.15) is 0 Å². The van der Waals surface area contributed by atoms with Crippen LogP contribution < -0.4 is 19.1 Å². The van der Waals surface area contributed by atoms with Gasteiger partial charge in [-0.3, -0.25) is 9.10 Å². The van der Waals surface area contributed by atoms with Crippen LogP contribution in [0.2, 0.25) is 0 Å². The Labute approximate surface area is 205 Å². The summed E-state index contributed by atoms with van der Waals surface area (Å²) in [5.74, 6) is 0.549. The van der Waals surface area contributed by atoms with Gasteiger partial charge >= 0.3 is 0 Å². The molecule has 0 aromatic heterocycles. The number of rotatable bonds is 6. The van der Waals surface area contributed by atoms with E-state index >= 15 is 0 Å². The molecule has 0 saturated heterocycles.